The van der Waals surface area contributed by atoms with Gasteiger partial charge in [-0.25, -0.2) is 4.79 Å². The van der Waals surface area contributed by atoms with E-state index in [0.29, 0.717) is 18.5 Å². The van der Waals surface area contributed by atoms with Crippen LogP contribution in [-0.2, 0) is 4.79 Å². The summed E-state index contributed by atoms with van der Waals surface area (Å²) in [6.45, 7) is 2.53. The molecule has 1 aromatic carbocycles. The smallest absolute Gasteiger partial charge is 0.328 e. The molecule has 3 amide bonds. The van der Waals surface area contributed by atoms with Crippen LogP contribution < -0.4 is 20.9 Å². The van der Waals surface area contributed by atoms with Gasteiger partial charge in [0, 0.05) is 36.4 Å². The molecule has 1 heterocycles. The van der Waals surface area contributed by atoms with Gasteiger partial charge in [0.05, 0.1) is 0 Å². The van der Waals surface area contributed by atoms with Gasteiger partial charge in [-0.1, -0.05) is 0 Å². The van der Waals surface area contributed by atoms with Crippen molar-refractivity contribution in [2.75, 3.05) is 29.9 Å². The summed E-state index contributed by atoms with van der Waals surface area (Å²) in [5.41, 5.74) is 2.37. The molecule has 6 rings (SSSR count). The van der Waals surface area contributed by atoms with Crippen LogP contribution >= 0.6 is 0 Å². The molecule has 3 N–H and O–H groups in total. The second-order valence-electron chi connectivity index (χ2n) is 10.1. The fourth-order valence-electron chi connectivity index (χ4n) is 6.73. The van der Waals surface area contributed by atoms with Crippen LogP contribution in [0.4, 0.5) is 16.2 Å². The highest BCUT2D eigenvalue weighted by atomic mass is 16.2. The molecule has 0 spiro atoms. The SMILES string of the molecule is O=C1CCN(c2ccc(NCCCCNC34CC5CC(CC(C5)C3)C4)cc2)C(=O)N1. The molecule has 0 radical (unpaired) electrons. The molecule has 5 aliphatic rings. The van der Waals surface area contributed by atoms with Crippen LogP contribution in [0.25, 0.3) is 0 Å². The molecule has 4 aliphatic carbocycles. The third kappa shape index (κ3) is 4.20. The number of urea groups is 1. The Balaban J connectivity index is 1.02. The summed E-state index contributed by atoms with van der Waals surface area (Å²) in [4.78, 5) is 24.8. The number of nitrogens with one attached hydrogen (secondary N) is 3. The van der Waals surface area contributed by atoms with Crippen molar-refractivity contribution in [1.82, 2.24) is 10.6 Å². The molecule has 6 heteroatoms. The Labute approximate surface area is 179 Å². The van der Waals surface area contributed by atoms with Gasteiger partial charge in [0.15, 0.2) is 0 Å². The van der Waals surface area contributed by atoms with E-state index in [1.54, 1.807) is 4.90 Å². The number of anilines is 2. The molecular weight excluding hydrogens is 376 g/mol. The lowest BCUT2D eigenvalue weighted by Crippen LogP contribution is -2.58. The van der Waals surface area contributed by atoms with Crippen LogP contribution in [0, 0.1) is 17.8 Å². The average molecular weight is 411 g/mol. The standard InChI is InChI=1S/C24H34N4O2/c29-22-7-10-28(23(30)27-22)21-5-3-20(4-6-21)25-8-1-2-9-26-24-14-17-11-18(15-24)13-19(12-17)16-24/h3-6,17-19,25-26H,1-2,7-16H2,(H,27,29,30). The van der Waals surface area contributed by atoms with Gasteiger partial charge in [-0.15, -0.1) is 0 Å². The molecule has 6 nitrogen and oxygen atoms in total. The Morgan fingerprint density at radius 1 is 0.933 bits per heavy atom. The summed E-state index contributed by atoms with van der Waals surface area (Å²) >= 11 is 0. The Kier molecular flexibility index (Phi) is 5.44. The number of imide groups is 1. The van der Waals surface area contributed by atoms with Gasteiger partial charge < -0.3 is 10.6 Å². The van der Waals surface area contributed by atoms with Crippen LogP contribution in [0.15, 0.2) is 24.3 Å². The van der Waals surface area contributed by atoms with Crippen molar-refractivity contribution >= 4 is 23.3 Å². The van der Waals surface area contributed by atoms with E-state index in [4.69, 9.17) is 0 Å². The highest BCUT2D eigenvalue weighted by Crippen LogP contribution is 2.55. The third-order valence-corrected chi connectivity index (χ3v) is 7.70. The minimum Gasteiger partial charge on any atom is -0.385 e. The number of rotatable bonds is 8. The first-order valence-electron chi connectivity index (χ1n) is 11.8. The number of amides is 3. The Morgan fingerprint density at radius 3 is 2.20 bits per heavy atom. The Morgan fingerprint density at radius 2 is 1.57 bits per heavy atom. The van der Waals surface area contributed by atoms with Gasteiger partial charge in [0.1, 0.15) is 0 Å². The lowest BCUT2D eigenvalue weighted by atomic mass is 9.53. The van der Waals surface area contributed by atoms with E-state index in [9.17, 15) is 9.59 Å². The maximum absolute atomic E-state index is 11.9. The molecule has 4 bridgehead atoms. The molecule has 162 valence electrons. The normalized spacial score (nSPS) is 32.4. The zero-order chi connectivity index (χ0) is 20.6. The molecule has 1 aliphatic heterocycles. The zero-order valence-corrected chi connectivity index (χ0v) is 17.8. The first-order valence-corrected chi connectivity index (χ1v) is 11.8. The Bertz CT molecular complexity index is 756. The number of carbonyl (C=O) groups is 2. The molecule has 1 aromatic rings. The van der Waals surface area contributed by atoms with Crippen molar-refractivity contribution in [2.45, 2.75) is 63.3 Å². The van der Waals surface area contributed by atoms with Gasteiger partial charge in [0.2, 0.25) is 5.91 Å². The van der Waals surface area contributed by atoms with E-state index in [0.717, 1.165) is 48.6 Å². The average Bonchev–Trinajstić information content (AvgIpc) is 2.70. The monoisotopic (exact) mass is 410 g/mol. The number of carbonyl (C=O) groups excluding carboxylic acids is 2. The summed E-state index contributed by atoms with van der Waals surface area (Å²) in [5.74, 6) is 2.81. The van der Waals surface area contributed by atoms with Crippen molar-refractivity contribution in [3.8, 4) is 0 Å². The molecule has 5 fully saturated rings. The summed E-state index contributed by atoms with van der Waals surface area (Å²) in [7, 11) is 0. The molecule has 1 saturated heterocycles. The fraction of sp³-hybridized carbons (Fsp3) is 0.667. The molecule has 0 unspecified atom stereocenters. The van der Waals surface area contributed by atoms with Gasteiger partial charge in [-0.2, -0.15) is 0 Å². The van der Waals surface area contributed by atoms with Crippen molar-refractivity contribution in [3.63, 3.8) is 0 Å². The summed E-state index contributed by atoms with van der Waals surface area (Å²) in [6.07, 6.45) is 11.5. The van der Waals surface area contributed by atoms with E-state index in [-0.39, 0.29) is 11.9 Å². The minimum absolute atomic E-state index is 0.202. The largest absolute Gasteiger partial charge is 0.385 e. The predicted molar refractivity (Wildman–Crippen MR) is 119 cm³/mol. The van der Waals surface area contributed by atoms with Crippen LogP contribution in [-0.4, -0.2) is 37.1 Å². The number of benzene rings is 1. The van der Waals surface area contributed by atoms with E-state index in [1.807, 2.05) is 24.3 Å². The number of hydrogen-bond acceptors (Lipinski definition) is 4. The number of unbranched alkanes of at least 4 members (excludes halogenated alkanes) is 1. The van der Waals surface area contributed by atoms with Gasteiger partial charge in [-0.3, -0.25) is 15.0 Å². The second kappa shape index (κ2) is 8.22. The van der Waals surface area contributed by atoms with E-state index < -0.39 is 0 Å². The predicted octanol–water partition coefficient (Wildman–Crippen LogP) is 3.88. The van der Waals surface area contributed by atoms with Gasteiger partial charge in [0.25, 0.3) is 0 Å². The molecule has 0 atom stereocenters. The maximum atomic E-state index is 11.9. The fourth-order valence-corrected chi connectivity index (χ4v) is 6.73. The highest BCUT2D eigenvalue weighted by Gasteiger charge is 2.50. The van der Waals surface area contributed by atoms with E-state index in [1.165, 1.54) is 44.9 Å². The van der Waals surface area contributed by atoms with E-state index >= 15 is 0 Å². The van der Waals surface area contributed by atoms with Crippen LogP contribution in [0.2, 0.25) is 0 Å². The summed E-state index contributed by atoms with van der Waals surface area (Å²) in [6, 6.07) is 7.55. The first kappa shape index (κ1) is 19.9. The molecule has 4 saturated carbocycles. The molecule has 30 heavy (non-hydrogen) atoms. The molecular formula is C24H34N4O2. The van der Waals surface area contributed by atoms with E-state index in [2.05, 4.69) is 16.0 Å². The highest BCUT2D eigenvalue weighted by molar-refractivity contribution is 6.05. The number of nitrogens with zero attached hydrogens (tertiary/aromatic N) is 1. The zero-order valence-electron chi connectivity index (χ0n) is 17.8. The van der Waals surface area contributed by atoms with Crippen molar-refractivity contribution < 1.29 is 9.59 Å². The lowest BCUT2D eigenvalue weighted by molar-refractivity contribution is -0.120. The summed E-state index contributed by atoms with van der Waals surface area (Å²) in [5, 5.41) is 9.83. The van der Waals surface area contributed by atoms with Crippen LogP contribution in [0.5, 0.6) is 0 Å². The van der Waals surface area contributed by atoms with Crippen molar-refractivity contribution in [2.24, 2.45) is 17.8 Å². The van der Waals surface area contributed by atoms with Crippen LogP contribution in [0.1, 0.15) is 57.8 Å². The first-order chi connectivity index (χ1) is 14.6. The Hall–Kier alpha value is -2.08. The maximum Gasteiger partial charge on any atom is 0.328 e. The summed E-state index contributed by atoms with van der Waals surface area (Å²) < 4.78 is 0. The van der Waals surface area contributed by atoms with Gasteiger partial charge in [-0.05, 0) is 99.9 Å². The quantitative estimate of drug-likeness (QED) is 0.569. The minimum atomic E-state index is -0.335. The topological polar surface area (TPSA) is 73.5 Å². The molecule has 0 aromatic heterocycles. The van der Waals surface area contributed by atoms with Gasteiger partial charge >= 0.3 is 6.03 Å². The second-order valence-corrected chi connectivity index (χ2v) is 10.1. The third-order valence-electron chi connectivity index (χ3n) is 7.70. The van der Waals surface area contributed by atoms with Crippen molar-refractivity contribution in [3.05, 3.63) is 24.3 Å². The number of hydrogen-bond donors (Lipinski definition) is 3. The van der Waals surface area contributed by atoms with Crippen LogP contribution in [0.3, 0.4) is 0 Å². The lowest BCUT2D eigenvalue weighted by Gasteiger charge is -2.57. The van der Waals surface area contributed by atoms with Crippen molar-refractivity contribution in [1.29, 1.82) is 0 Å².